The molecule has 0 atom stereocenters. The van der Waals surface area contributed by atoms with Gasteiger partial charge in [0.1, 0.15) is 0 Å². The molecule has 2 amide bonds. The lowest BCUT2D eigenvalue weighted by atomic mass is 10.0. The Morgan fingerprint density at radius 2 is 1.33 bits per heavy atom. The van der Waals surface area contributed by atoms with Crippen molar-refractivity contribution < 1.29 is 14.4 Å². The van der Waals surface area contributed by atoms with Crippen LogP contribution < -0.4 is 0 Å². The summed E-state index contributed by atoms with van der Waals surface area (Å²) in [6.07, 6.45) is 0.756. The van der Waals surface area contributed by atoms with Gasteiger partial charge in [-0.3, -0.25) is 14.4 Å². The zero-order chi connectivity index (χ0) is 22.7. The fourth-order valence-corrected chi connectivity index (χ4v) is 3.18. The van der Waals surface area contributed by atoms with E-state index >= 15 is 0 Å². The van der Waals surface area contributed by atoms with Crippen molar-refractivity contribution in [3.63, 3.8) is 0 Å². The summed E-state index contributed by atoms with van der Waals surface area (Å²) in [5.74, 6) is 0.0505. The molecule has 30 heavy (non-hydrogen) atoms. The number of amides is 2. The molecule has 0 unspecified atom stereocenters. The van der Waals surface area contributed by atoms with Gasteiger partial charge in [0, 0.05) is 37.3 Å². The Bertz CT molecular complexity index is 853. The predicted octanol–water partition coefficient (Wildman–Crippen LogP) is 4.77. The van der Waals surface area contributed by atoms with Crippen LogP contribution in [0.15, 0.2) is 42.5 Å². The van der Waals surface area contributed by atoms with Crippen molar-refractivity contribution in [2.24, 2.45) is 0 Å². The van der Waals surface area contributed by atoms with E-state index in [1.54, 1.807) is 17.0 Å². The molecule has 0 bridgehead atoms. The Kier molecular flexibility index (Phi) is 10.5. The van der Waals surface area contributed by atoms with Crippen molar-refractivity contribution in [3.05, 3.63) is 70.3 Å². The highest BCUT2D eigenvalue weighted by Gasteiger charge is 2.17. The van der Waals surface area contributed by atoms with Crippen LogP contribution in [0.25, 0.3) is 0 Å². The highest BCUT2D eigenvalue weighted by Crippen LogP contribution is 2.14. The minimum Gasteiger partial charge on any atom is -0.339 e. The van der Waals surface area contributed by atoms with Gasteiger partial charge >= 0.3 is 0 Å². The van der Waals surface area contributed by atoms with Crippen molar-refractivity contribution in [2.45, 2.75) is 41.5 Å². The van der Waals surface area contributed by atoms with Crippen LogP contribution in [0, 0.1) is 13.8 Å². The highest BCUT2D eigenvalue weighted by atomic mass is 16.2. The minimum atomic E-state index is -0.0733. The molecule has 162 valence electrons. The summed E-state index contributed by atoms with van der Waals surface area (Å²) in [5, 5.41) is 0. The molecule has 5 nitrogen and oxygen atoms in total. The molecule has 0 spiro atoms. The monoisotopic (exact) mass is 410 g/mol. The van der Waals surface area contributed by atoms with Crippen LogP contribution in [-0.2, 0) is 0 Å². The Morgan fingerprint density at radius 1 is 0.800 bits per heavy atom. The maximum Gasteiger partial charge on any atom is 0.254 e. The maximum absolute atomic E-state index is 12.1. The first-order valence-electron chi connectivity index (χ1n) is 10.5. The minimum absolute atomic E-state index is 0.0733. The van der Waals surface area contributed by atoms with E-state index in [1.807, 2.05) is 76.8 Å². The quantitative estimate of drug-likeness (QED) is 0.618. The molecule has 2 rings (SSSR count). The molecule has 0 heterocycles. The van der Waals surface area contributed by atoms with Gasteiger partial charge in [-0.25, -0.2) is 0 Å². The number of rotatable bonds is 7. The van der Waals surface area contributed by atoms with Gasteiger partial charge in [0.15, 0.2) is 6.29 Å². The Labute approximate surface area is 180 Å². The van der Waals surface area contributed by atoms with Crippen LogP contribution in [0.5, 0.6) is 0 Å². The molecule has 0 aliphatic rings. The molecular weight excluding hydrogens is 376 g/mol. The van der Waals surface area contributed by atoms with Gasteiger partial charge in [0.25, 0.3) is 11.8 Å². The normalized spacial score (nSPS) is 9.93. The van der Waals surface area contributed by atoms with E-state index < -0.39 is 0 Å². The number of aldehydes is 1. The van der Waals surface area contributed by atoms with E-state index in [9.17, 15) is 14.4 Å². The van der Waals surface area contributed by atoms with E-state index in [-0.39, 0.29) is 11.8 Å². The third-order valence-corrected chi connectivity index (χ3v) is 5.04. The molecule has 0 radical (unpaired) electrons. The summed E-state index contributed by atoms with van der Waals surface area (Å²) < 4.78 is 0. The van der Waals surface area contributed by atoms with Crippen LogP contribution in [-0.4, -0.2) is 54.1 Å². The molecule has 0 aliphatic heterocycles. The molecule has 0 aromatic heterocycles. The Morgan fingerprint density at radius 3 is 1.83 bits per heavy atom. The summed E-state index contributed by atoms with van der Waals surface area (Å²) in [6, 6.07) is 13.1. The first kappa shape index (κ1) is 25.1. The number of nitrogens with zero attached hydrogens (tertiary/aromatic N) is 2. The molecule has 0 aliphatic carbocycles. The van der Waals surface area contributed by atoms with Gasteiger partial charge in [-0.1, -0.05) is 29.8 Å². The second-order valence-electron chi connectivity index (χ2n) is 6.98. The average molecular weight is 411 g/mol. The van der Waals surface area contributed by atoms with Crippen LogP contribution in [0.3, 0.4) is 0 Å². The van der Waals surface area contributed by atoms with Crippen molar-refractivity contribution in [1.29, 1.82) is 0 Å². The van der Waals surface area contributed by atoms with Crippen LogP contribution in [0.1, 0.15) is 69.9 Å². The number of aryl methyl sites for hydroxylation is 2. The molecule has 0 fully saturated rings. The Hall–Kier alpha value is -2.95. The molecule has 0 saturated carbocycles. The van der Waals surface area contributed by atoms with Gasteiger partial charge in [0.05, 0.1) is 5.56 Å². The molecular formula is C25H34N2O3. The SMILES string of the molecule is CCN(CC)C(=O)c1cccc(C)c1.CCN(CC)C(=O)c1cccc(C)c1C=O. The van der Waals surface area contributed by atoms with E-state index in [1.165, 1.54) is 0 Å². The van der Waals surface area contributed by atoms with Crippen LogP contribution in [0.2, 0.25) is 0 Å². The summed E-state index contributed by atoms with van der Waals surface area (Å²) in [5.41, 5.74) is 3.75. The van der Waals surface area contributed by atoms with Gasteiger partial charge in [-0.05, 0) is 65.3 Å². The molecule has 5 heteroatoms. The number of benzene rings is 2. The zero-order valence-electron chi connectivity index (χ0n) is 19.1. The van der Waals surface area contributed by atoms with Crippen molar-refractivity contribution in [1.82, 2.24) is 9.80 Å². The molecule has 0 saturated heterocycles. The molecule has 2 aromatic rings. The van der Waals surface area contributed by atoms with E-state index in [2.05, 4.69) is 0 Å². The predicted molar refractivity (Wildman–Crippen MR) is 122 cm³/mol. The first-order chi connectivity index (χ1) is 14.3. The number of hydrogen-bond donors (Lipinski definition) is 0. The first-order valence-corrected chi connectivity index (χ1v) is 10.5. The van der Waals surface area contributed by atoms with Gasteiger partial charge in [0.2, 0.25) is 0 Å². The zero-order valence-corrected chi connectivity index (χ0v) is 19.1. The molecule has 0 N–H and O–H groups in total. The summed E-state index contributed by atoms with van der Waals surface area (Å²) in [4.78, 5) is 38.5. The largest absolute Gasteiger partial charge is 0.339 e. The second-order valence-corrected chi connectivity index (χ2v) is 6.98. The van der Waals surface area contributed by atoms with Crippen molar-refractivity contribution in [3.8, 4) is 0 Å². The van der Waals surface area contributed by atoms with Crippen LogP contribution in [0.4, 0.5) is 0 Å². The number of hydrogen-bond acceptors (Lipinski definition) is 3. The lowest BCUT2D eigenvalue weighted by Gasteiger charge is -2.19. The standard InChI is InChI=1S/C13H17NO2.C12H17NO/c1-4-14(5-2)13(16)11-8-6-7-10(3)12(11)9-15;1-4-13(5-2)12(14)11-8-6-7-10(3)9-11/h6-9H,4-5H2,1-3H3;6-9H,4-5H2,1-3H3. The molecule has 2 aromatic carbocycles. The summed E-state index contributed by atoms with van der Waals surface area (Å²) in [7, 11) is 0. The fourth-order valence-electron chi connectivity index (χ4n) is 3.18. The number of carbonyl (C=O) groups excluding carboxylic acids is 3. The number of carbonyl (C=O) groups is 3. The Balaban J connectivity index is 0.000000303. The van der Waals surface area contributed by atoms with Crippen LogP contribution >= 0.6 is 0 Å². The fraction of sp³-hybridized carbons (Fsp3) is 0.400. The van der Waals surface area contributed by atoms with Gasteiger partial charge < -0.3 is 9.80 Å². The summed E-state index contributed by atoms with van der Waals surface area (Å²) in [6.45, 7) is 14.5. The summed E-state index contributed by atoms with van der Waals surface area (Å²) >= 11 is 0. The van der Waals surface area contributed by atoms with Gasteiger partial charge in [-0.2, -0.15) is 0 Å². The lowest BCUT2D eigenvalue weighted by Crippen LogP contribution is -2.31. The highest BCUT2D eigenvalue weighted by molar-refractivity contribution is 6.02. The van der Waals surface area contributed by atoms with Gasteiger partial charge in [-0.15, -0.1) is 0 Å². The third kappa shape index (κ3) is 6.55. The third-order valence-electron chi connectivity index (χ3n) is 5.04. The average Bonchev–Trinajstić information content (AvgIpc) is 2.75. The second kappa shape index (κ2) is 12.6. The van der Waals surface area contributed by atoms with E-state index in [4.69, 9.17) is 0 Å². The van der Waals surface area contributed by atoms with E-state index in [0.717, 1.165) is 36.1 Å². The van der Waals surface area contributed by atoms with Crippen molar-refractivity contribution in [2.75, 3.05) is 26.2 Å². The smallest absolute Gasteiger partial charge is 0.254 e. The van der Waals surface area contributed by atoms with Crippen molar-refractivity contribution >= 4 is 18.1 Å². The maximum atomic E-state index is 12.1. The van der Waals surface area contributed by atoms with E-state index in [0.29, 0.717) is 24.2 Å². The lowest BCUT2D eigenvalue weighted by molar-refractivity contribution is 0.0764. The topological polar surface area (TPSA) is 57.7 Å².